The molecular weight excluding hydrogens is 289 g/mol. The van der Waals surface area contributed by atoms with Crippen molar-refractivity contribution in [2.75, 3.05) is 0 Å². The number of rotatable bonds is 5. The van der Waals surface area contributed by atoms with Crippen molar-refractivity contribution >= 4 is 17.4 Å². The highest BCUT2D eigenvalue weighted by Gasteiger charge is 2.10. The van der Waals surface area contributed by atoms with Crippen molar-refractivity contribution in [2.45, 2.75) is 32.9 Å². The average Bonchev–Trinajstić information content (AvgIpc) is 2.85. The summed E-state index contributed by atoms with van der Waals surface area (Å²) in [6, 6.07) is 6.19. The Morgan fingerprint density at radius 2 is 2.19 bits per heavy atom. The van der Waals surface area contributed by atoms with Gasteiger partial charge in [0.05, 0.1) is 11.6 Å². The molecule has 4 nitrogen and oxygen atoms in total. The van der Waals surface area contributed by atoms with Crippen LogP contribution in [-0.4, -0.2) is 17.1 Å². The minimum atomic E-state index is -0.259. The topological polar surface area (TPSA) is 54.0 Å². The first-order valence-electron chi connectivity index (χ1n) is 6.73. The number of aromatic nitrogens is 1. The third-order valence-corrected chi connectivity index (χ3v) is 3.87. The van der Waals surface area contributed by atoms with Crippen molar-refractivity contribution in [1.82, 2.24) is 15.6 Å². The number of hydrogen-bond donors (Lipinski definition) is 2. The number of aryl methyl sites for hydroxylation is 1. The van der Waals surface area contributed by atoms with Crippen LogP contribution in [0, 0.1) is 12.7 Å². The summed E-state index contributed by atoms with van der Waals surface area (Å²) >= 11 is 1.55. The molecule has 0 aliphatic heterocycles. The van der Waals surface area contributed by atoms with Crippen LogP contribution in [0.2, 0.25) is 0 Å². The van der Waals surface area contributed by atoms with Gasteiger partial charge in [0.2, 0.25) is 0 Å². The fourth-order valence-corrected chi connectivity index (χ4v) is 2.71. The van der Waals surface area contributed by atoms with E-state index in [-0.39, 0.29) is 17.9 Å². The highest BCUT2D eigenvalue weighted by atomic mass is 32.1. The molecule has 0 fully saturated rings. The van der Waals surface area contributed by atoms with Gasteiger partial charge in [0, 0.05) is 17.1 Å². The molecule has 2 amide bonds. The molecule has 1 atom stereocenters. The monoisotopic (exact) mass is 307 g/mol. The van der Waals surface area contributed by atoms with Gasteiger partial charge in [0.15, 0.2) is 0 Å². The van der Waals surface area contributed by atoms with Gasteiger partial charge in [-0.3, -0.25) is 0 Å². The van der Waals surface area contributed by atoms with Gasteiger partial charge in [-0.05, 0) is 31.9 Å². The first-order valence-corrected chi connectivity index (χ1v) is 7.55. The molecule has 2 aromatic rings. The van der Waals surface area contributed by atoms with E-state index >= 15 is 0 Å². The molecule has 0 aliphatic carbocycles. The van der Waals surface area contributed by atoms with Crippen molar-refractivity contribution in [2.24, 2.45) is 0 Å². The Kier molecular flexibility index (Phi) is 5.27. The van der Waals surface area contributed by atoms with E-state index in [0.717, 1.165) is 9.88 Å². The summed E-state index contributed by atoms with van der Waals surface area (Å²) in [4.78, 5) is 16.9. The minimum Gasteiger partial charge on any atom is -0.335 e. The molecule has 6 heteroatoms. The van der Waals surface area contributed by atoms with Gasteiger partial charge in [-0.1, -0.05) is 18.2 Å². The number of thiazole rings is 1. The Morgan fingerprint density at radius 1 is 1.43 bits per heavy atom. The molecule has 0 saturated heterocycles. The minimum absolute atomic E-state index is 0.148. The lowest BCUT2D eigenvalue weighted by Gasteiger charge is -2.14. The quantitative estimate of drug-likeness (QED) is 0.892. The van der Waals surface area contributed by atoms with Crippen LogP contribution in [-0.2, 0) is 13.0 Å². The molecule has 112 valence electrons. The van der Waals surface area contributed by atoms with E-state index in [9.17, 15) is 9.18 Å². The van der Waals surface area contributed by atoms with Crippen LogP contribution < -0.4 is 10.6 Å². The van der Waals surface area contributed by atoms with Crippen molar-refractivity contribution < 1.29 is 9.18 Å². The standard InChI is InChI=1S/C15H18FN3OS/c1-10(7-12-5-3-4-6-14(12)16)19-15(20)18-9-13-8-17-11(2)21-13/h3-6,8,10H,7,9H2,1-2H3,(H2,18,19,20). The zero-order valence-corrected chi connectivity index (χ0v) is 12.8. The van der Waals surface area contributed by atoms with E-state index in [1.54, 1.807) is 35.7 Å². The molecule has 2 rings (SSSR count). The first-order chi connectivity index (χ1) is 10.0. The highest BCUT2D eigenvalue weighted by molar-refractivity contribution is 7.11. The molecule has 0 aliphatic rings. The summed E-state index contributed by atoms with van der Waals surface area (Å²) in [5, 5.41) is 6.54. The number of halogens is 1. The predicted molar refractivity (Wildman–Crippen MR) is 81.8 cm³/mol. The Balaban J connectivity index is 1.78. The summed E-state index contributed by atoms with van der Waals surface area (Å²) < 4.78 is 13.5. The number of benzene rings is 1. The second-order valence-electron chi connectivity index (χ2n) is 4.87. The molecule has 21 heavy (non-hydrogen) atoms. The van der Waals surface area contributed by atoms with Crippen LogP contribution >= 0.6 is 11.3 Å². The lowest BCUT2D eigenvalue weighted by molar-refractivity contribution is 0.237. The molecule has 2 N–H and O–H groups in total. The Morgan fingerprint density at radius 3 is 2.86 bits per heavy atom. The van der Waals surface area contributed by atoms with E-state index in [1.807, 2.05) is 13.8 Å². The van der Waals surface area contributed by atoms with Crippen LogP contribution in [0.5, 0.6) is 0 Å². The Hall–Kier alpha value is -1.95. The number of nitrogens with zero attached hydrogens (tertiary/aromatic N) is 1. The maximum absolute atomic E-state index is 13.5. The fourth-order valence-electron chi connectivity index (χ4n) is 1.97. The molecule has 1 unspecified atom stereocenters. The van der Waals surface area contributed by atoms with Crippen molar-refractivity contribution in [3.8, 4) is 0 Å². The zero-order valence-electron chi connectivity index (χ0n) is 12.0. The van der Waals surface area contributed by atoms with E-state index < -0.39 is 0 Å². The number of urea groups is 1. The zero-order chi connectivity index (χ0) is 15.2. The molecule has 1 aromatic heterocycles. The number of amides is 2. The largest absolute Gasteiger partial charge is 0.335 e. The van der Waals surface area contributed by atoms with Crippen LogP contribution in [0.15, 0.2) is 30.5 Å². The van der Waals surface area contributed by atoms with E-state index in [1.165, 1.54) is 6.07 Å². The highest BCUT2D eigenvalue weighted by Crippen LogP contribution is 2.11. The van der Waals surface area contributed by atoms with E-state index in [4.69, 9.17) is 0 Å². The van der Waals surface area contributed by atoms with Gasteiger partial charge in [-0.15, -0.1) is 11.3 Å². The Bertz CT molecular complexity index is 614. The molecule has 0 spiro atoms. The average molecular weight is 307 g/mol. The van der Waals surface area contributed by atoms with Crippen LogP contribution in [0.25, 0.3) is 0 Å². The van der Waals surface area contributed by atoms with Crippen molar-refractivity contribution in [3.05, 3.63) is 51.7 Å². The van der Waals surface area contributed by atoms with Gasteiger partial charge in [-0.2, -0.15) is 0 Å². The van der Waals surface area contributed by atoms with Crippen LogP contribution in [0.3, 0.4) is 0 Å². The van der Waals surface area contributed by atoms with Gasteiger partial charge in [0.25, 0.3) is 0 Å². The second kappa shape index (κ2) is 7.17. The molecular formula is C15H18FN3OS. The summed E-state index contributed by atoms with van der Waals surface area (Å²) in [5.41, 5.74) is 0.600. The normalized spacial score (nSPS) is 12.0. The van der Waals surface area contributed by atoms with Crippen molar-refractivity contribution in [1.29, 1.82) is 0 Å². The van der Waals surface area contributed by atoms with Crippen LogP contribution in [0.1, 0.15) is 22.4 Å². The SMILES string of the molecule is Cc1ncc(CNC(=O)NC(C)Cc2ccccc2F)s1. The summed E-state index contributed by atoms with van der Waals surface area (Å²) in [5.74, 6) is -0.244. The number of hydrogen-bond acceptors (Lipinski definition) is 3. The molecule has 1 heterocycles. The smallest absolute Gasteiger partial charge is 0.315 e. The van der Waals surface area contributed by atoms with Gasteiger partial charge in [0.1, 0.15) is 5.82 Å². The summed E-state index contributed by atoms with van der Waals surface area (Å²) in [6.45, 7) is 4.22. The Labute approximate surface area is 127 Å². The third kappa shape index (κ3) is 4.82. The van der Waals surface area contributed by atoms with E-state index in [0.29, 0.717) is 18.5 Å². The van der Waals surface area contributed by atoms with Gasteiger partial charge in [-0.25, -0.2) is 14.2 Å². The van der Waals surface area contributed by atoms with Crippen molar-refractivity contribution in [3.63, 3.8) is 0 Å². The number of carbonyl (C=O) groups excluding carboxylic acids is 1. The second-order valence-corrected chi connectivity index (χ2v) is 6.19. The maximum atomic E-state index is 13.5. The third-order valence-electron chi connectivity index (χ3n) is 2.95. The summed E-state index contributed by atoms with van der Waals surface area (Å²) in [7, 11) is 0. The van der Waals surface area contributed by atoms with Gasteiger partial charge >= 0.3 is 6.03 Å². The molecule has 0 saturated carbocycles. The predicted octanol–water partition coefficient (Wildman–Crippen LogP) is 3.02. The summed E-state index contributed by atoms with van der Waals surface area (Å²) in [6.07, 6.45) is 2.21. The lowest BCUT2D eigenvalue weighted by atomic mass is 10.1. The molecule has 1 aromatic carbocycles. The maximum Gasteiger partial charge on any atom is 0.315 e. The lowest BCUT2D eigenvalue weighted by Crippen LogP contribution is -2.41. The first kappa shape index (κ1) is 15.4. The number of carbonyl (C=O) groups is 1. The molecule has 0 bridgehead atoms. The molecule has 0 radical (unpaired) electrons. The van der Waals surface area contributed by atoms with Crippen LogP contribution in [0.4, 0.5) is 9.18 Å². The fraction of sp³-hybridized carbons (Fsp3) is 0.333. The van der Waals surface area contributed by atoms with Gasteiger partial charge < -0.3 is 10.6 Å². The number of nitrogens with one attached hydrogen (secondary N) is 2. The van der Waals surface area contributed by atoms with E-state index in [2.05, 4.69) is 15.6 Å².